The van der Waals surface area contributed by atoms with Crippen molar-refractivity contribution in [3.8, 4) is 11.1 Å². The van der Waals surface area contributed by atoms with Gasteiger partial charge in [-0.15, -0.1) is 0 Å². The molecule has 0 fully saturated rings. The topological polar surface area (TPSA) is 53.6 Å². The fourth-order valence-electron chi connectivity index (χ4n) is 3.80. The Morgan fingerprint density at radius 2 is 2.04 bits per heavy atom. The van der Waals surface area contributed by atoms with Crippen molar-refractivity contribution < 1.29 is 0 Å². The highest BCUT2D eigenvalue weighted by molar-refractivity contribution is 5.98. The molecule has 4 heteroatoms. The summed E-state index contributed by atoms with van der Waals surface area (Å²) in [5, 5.41) is 7.09. The number of para-hydroxylation sites is 1. The maximum absolute atomic E-state index is 12.5. The van der Waals surface area contributed by atoms with E-state index in [9.17, 15) is 4.79 Å². The number of rotatable bonds is 2. The predicted octanol–water partition coefficient (Wildman–Crippen LogP) is 3.86. The Bertz CT molecular complexity index is 934. The van der Waals surface area contributed by atoms with Crippen molar-refractivity contribution in [1.82, 2.24) is 14.8 Å². The summed E-state index contributed by atoms with van der Waals surface area (Å²) in [6.07, 6.45) is 5.29. The highest BCUT2D eigenvalue weighted by Crippen LogP contribution is 2.36. The molecule has 2 aromatic heterocycles. The second kappa shape index (κ2) is 4.88. The SMILES string of the molecule is CC(C)(C)Cc1[nH][nH]c(=O)c1-c1cn2c3c(cccc13)CCC2. The summed E-state index contributed by atoms with van der Waals surface area (Å²) in [6, 6.07) is 6.46. The lowest BCUT2D eigenvalue weighted by atomic mass is 9.88. The van der Waals surface area contributed by atoms with Crippen LogP contribution in [0.1, 0.15) is 38.4 Å². The van der Waals surface area contributed by atoms with Crippen molar-refractivity contribution in [2.75, 3.05) is 0 Å². The number of hydrogen-bond donors (Lipinski definition) is 2. The third kappa shape index (κ3) is 2.33. The molecule has 0 saturated carbocycles. The van der Waals surface area contributed by atoms with Gasteiger partial charge in [0.2, 0.25) is 0 Å². The quantitative estimate of drug-likeness (QED) is 0.742. The molecule has 1 aliphatic rings. The minimum atomic E-state index is -0.0204. The molecule has 3 aromatic rings. The first-order chi connectivity index (χ1) is 10.9. The molecule has 0 saturated heterocycles. The van der Waals surface area contributed by atoms with Gasteiger partial charge >= 0.3 is 0 Å². The molecular weight excluding hydrogens is 286 g/mol. The Morgan fingerprint density at radius 3 is 2.83 bits per heavy atom. The van der Waals surface area contributed by atoms with Gasteiger partial charge in [0.15, 0.2) is 0 Å². The highest BCUT2D eigenvalue weighted by Gasteiger charge is 2.23. The number of hydrogen-bond acceptors (Lipinski definition) is 1. The van der Waals surface area contributed by atoms with Crippen LogP contribution in [0.4, 0.5) is 0 Å². The van der Waals surface area contributed by atoms with Gasteiger partial charge in [-0.25, -0.2) is 0 Å². The number of aryl methyl sites for hydroxylation is 2. The van der Waals surface area contributed by atoms with Gasteiger partial charge in [0.25, 0.3) is 5.56 Å². The Balaban J connectivity index is 1.97. The molecule has 2 N–H and O–H groups in total. The molecule has 0 spiro atoms. The van der Waals surface area contributed by atoms with Crippen molar-refractivity contribution in [3.05, 3.63) is 46.0 Å². The molecule has 1 aromatic carbocycles. The number of aromatic nitrogens is 3. The van der Waals surface area contributed by atoms with Crippen LogP contribution in [0.15, 0.2) is 29.2 Å². The van der Waals surface area contributed by atoms with E-state index in [1.54, 1.807) is 0 Å². The van der Waals surface area contributed by atoms with Gasteiger partial charge in [-0.1, -0.05) is 39.0 Å². The van der Waals surface area contributed by atoms with Gasteiger partial charge in [-0.05, 0) is 30.2 Å². The lowest BCUT2D eigenvalue weighted by Gasteiger charge is -2.17. The molecule has 0 atom stereocenters. The van der Waals surface area contributed by atoms with E-state index in [1.165, 1.54) is 22.9 Å². The third-order valence-electron chi connectivity index (χ3n) is 4.66. The van der Waals surface area contributed by atoms with Crippen molar-refractivity contribution in [2.24, 2.45) is 5.41 Å². The van der Waals surface area contributed by atoms with Crippen LogP contribution < -0.4 is 5.56 Å². The molecule has 4 rings (SSSR count). The Hall–Kier alpha value is -2.23. The summed E-state index contributed by atoms with van der Waals surface area (Å²) in [5.74, 6) is 0. The number of aromatic amines is 2. The average Bonchev–Trinajstić information content (AvgIpc) is 3.01. The monoisotopic (exact) mass is 309 g/mol. The Morgan fingerprint density at radius 1 is 1.22 bits per heavy atom. The fourth-order valence-corrected chi connectivity index (χ4v) is 3.80. The third-order valence-corrected chi connectivity index (χ3v) is 4.66. The summed E-state index contributed by atoms with van der Waals surface area (Å²) in [4.78, 5) is 12.5. The van der Waals surface area contributed by atoms with Crippen LogP contribution in [0.2, 0.25) is 0 Å². The van der Waals surface area contributed by atoms with E-state index in [4.69, 9.17) is 0 Å². The van der Waals surface area contributed by atoms with Gasteiger partial charge in [-0.2, -0.15) is 0 Å². The Labute approximate surface area is 135 Å². The summed E-state index contributed by atoms with van der Waals surface area (Å²) in [7, 11) is 0. The molecule has 23 heavy (non-hydrogen) atoms. The largest absolute Gasteiger partial charge is 0.347 e. The smallest absolute Gasteiger partial charge is 0.272 e. The molecular formula is C19H23N3O. The second-order valence-corrected chi connectivity index (χ2v) is 7.82. The van der Waals surface area contributed by atoms with Crippen molar-refractivity contribution >= 4 is 10.9 Å². The zero-order valence-corrected chi connectivity index (χ0v) is 14.0. The van der Waals surface area contributed by atoms with Crippen molar-refractivity contribution in [3.63, 3.8) is 0 Å². The molecule has 0 unspecified atom stereocenters. The lowest BCUT2D eigenvalue weighted by molar-refractivity contribution is 0.406. The van der Waals surface area contributed by atoms with E-state index in [2.05, 4.69) is 59.9 Å². The van der Waals surface area contributed by atoms with E-state index in [0.29, 0.717) is 0 Å². The number of benzene rings is 1. The van der Waals surface area contributed by atoms with Gasteiger partial charge in [0.1, 0.15) is 0 Å². The highest BCUT2D eigenvalue weighted by atomic mass is 16.1. The van der Waals surface area contributed by atoms with Crippen LogP contribution >= 0.6 is 0 Å². The summed E-state index contributed by atoms with van der Waals surface area (Å²) < 4.78 is 2.32. The van der Waals surface area contributed by atoms with Gasteiger partial charge in [-0.3, -0.25) is 9.89 Å². The fraction of sp³-hybridized carbons (Fsp3) is 0.421. The van der Waals surface area contributed by atoms with E-state index >= 15 is 0 Å². The first-order valence-corrected chi connectivity index (χ1v) is 8.35. The van der Waals surface area contributed by atoms with Crippen molar-refractivity contribution in [1.29, 1.82) is 0 Å². The van der Waals surface area contributed by atoms with Crippen LogP contribution in [0.25, 0.3) is 22.0 Å². The molecule has 3 heterocycles. The van der Waals surface area contributed by atoms with Crippen LogP contribution in [0, 0.1) is 5.41 Å². The van der Waals surface area contributed by atoms with Gasteiger partial charge in [0.05, 0.1) is 11.1 Å². The summed E-state index contributed by atoms with van der Waals surface area (Å²) >= 11 is 0. The van der Waals surface area contributed by atoms with Gasteiger partial charge < -0.3 is 9.67 Å². The summed E-state index contributed by atoms with van der Waals surface area (Å²) in [5.41, 5.74) is 5.67. The van der Waals surface area contributed by atoms with Crippen LogP contribution in [0.5, 0.6) is 0 Å². The molecule has 0 aliphatic carbocycles. The Kier molecular flexibility index (Phi) is 3.05. The molecule has 120 valence electrons. The second-order valence-electron chi connectivity index (χ2n) is 7.82. The zero-order valence-electron chi connectivity index (χ0n) is 14.0. The number of nitrogens with one attached hydrogen (secondary N) is 2. The van der Waals surface area contributed by atoms with Crippen molar-refractivity contribution in [2.45, 2.75) is 46.6 Å². The molecule has 0 radical (unpaired) electrons. The molecule has 4 nitrogen and oxygen atoms in total. The van der Waals surface area contributed by atoms with E-state index < -0.39 is 0 Å². The normalized spacial score (nSPS) is 14.6. The average molecular weight is 309 g/mol. The van der Waals surface area contributed by atoms with Crippen LogP contribution in [-0.2, 0) is 19.4 Å². The molecule has 1 aliphatic heterocycles. The minimum Gasteiger partial charge on any atom is -0.347 e. The molecule has 0 bridgehead atoms. The number of nitrogens with zero attached hydrogens (tertiary/aromatic N) is 1. The van der Waals surface area contributed by atoms with Crippen LogP contribution in [-0.4, -0.2) is 14.8 Å². The number of H-pyrrole nitrogens is 2. The van der Waals surface area contributed by atoms with E-state index in [-0.39, 0.29) is 11.0 Å². The van der Waals surface area contributed by atoms with E-state index in [0.717, 1.165) is 36.2 Å². The van der Waals surface area contributed by atoms with Crippen LogP contribution in [0.3, 0.4) is 0 Å². The first kappa shape index (κ1) is 14.4. The van der Waals surface area contributed by atoms with Gasteiger partial charge in [0, 0.05) is 29.4 Å². The first-order valence-electron chi connectivity index (χ1n) is 8.35. The maximum Gasteiger partial charge on any atom is 0.272 e. The standard InChI is InChI=1S/C19H23N3O/c1-19(2,3)10-15-16(18(23)21-20-15)14-11-22-9-5-7-12-6-4-8-13(14)17(12)22/h4,6,8,11H,5,7,9-10H2,1-3H3,(H2,20,21,23). The summed E-state index contributed by atoms with van der Waals surface area (Å²) in [6.45, 7) is 7.61. The van der Waals surface area contributed by atoms with E-state index in [1.807, 2.05) is 0 Å². The lowest BCUT2D eigenvalue weighted by Crippen LogP contribution is -2.11. The molecule has 0 amide bonds. The minimum absolute atomic E-state index is 0.0204. The zero-order chi connectivity index (χ0) is 16.2. The predicted molar refractivity (Wildman–Crippen MR) is 93.8 cm³/mol. The maximum atomic E-state index is 12.5.